The predicted molar refractivity (Wildman–Crippen MR) is 123 cm³/mol. The molecule has 0 fully saturated rings. The highest BCUT2D eigenvalue weighted by atomic mass is 19.1. The van der Waals surface area contributed by atoms with Crippen LogP contribution in [0.2, 0.25) is 0 Å². The van der Waals surface area contributed by atoms with Crippen LogP contribution < -0.4 is 0 Å². The van der Waals surface area contributed by atoms with Crippen LogP contribution in [-0.2, 0) is 32.1 Å². The number of benzene rings is 3. The lowest BCUT2D eigenvalue weighted by molar-refractivity contribution is 0.620. The Bertz CT molecular complexity index is 1220. The minimum Gasteiger partial charge on any atom is -0.261 e. The van der Waals surface area contributed by atoms with E-state index < -0.39 is 0 Å². The molecule has 1 aromatic heterocycles. The van der Waals surface area contributed by atoms with Gasteiger partial charge < -0.3 is 0 Å². The fourth-order valence-electron chi connectivity index (χ4n) is 3.84. The van der Waals surface area contributed by atoms with Crippen LogP contribution in [0.3, 0.4) is 0 Å². The summed E-state index contributed by atoms with van der Waals surface area (Å²) in [6, 6.07) is 23.8. The molecule has 0 bridgehead atoms. The molecule has 31 heavy (non-hydrogen) atoms. The average molecular weight is 409 g/mol. The van der Waals surface area contributed by atoms with Gasteiger partial charge in [0.2, 0.25) is 0 Å². The molecular weight excluding hydrogens is 383 g/mol. The minimum absolute atomic E-state index is 0.130. The average Bonchev–Trinajstić information content (AvgIpc) is 2.83. The smallest absolute Gasteiger partial charge is 0.134 e. The minimum atomic E-state index is -0.130. The van der Waals surface area contributed by atoms with Crippen molar-refractivity contribution < 1.29 is 4.39 Å². The lowest BCUT2D eigenvalue weighted by Crippen LogP contribution is -1.98. The van der Waals surface area contributed by atoms with Gasteiger partial charge >= 0.3 is 0 Å². The molecule has 0 atom stereocenters. The van der Waals surface area contributed by atoms with Crippen LogP contribution in [0.25, 0.3) is 10.8 Å². The van der Waals surface area contributed by atoms with Gasteiger partial charge in [-0.25, -0.2) is 4.39 Å². The summed E-state index contributed by atoms with van der Waals surface area (Å²) >= 11 is 0. The van der Waals surface area contributed by atoms with Crippen LogP contribution in [0, 0.1) is 17.1 Å². The Morgan fingerprint density at radius 3 is 2.26 bits per heavy atom. The molecule has 3 heteroatoms. The Morgan fingerprint density at radius 2 is 1.55 bits per heavy atom. The molecule has 1 heterocycles. The molecule has 0 aliphatic carbocycles. The van der Waals surface area contributed by atoms with Crippen LogP contribution >= 0.6 is 0 Å². The zero-order valence-corrected chi connectivity index (χ0v) is 17.7. The van der Waals surface area contributed by atoms with Crippen LogP contribution in [0.15, 0.2) is 72.9 Å². The molecule has 4 rings (SSSR count). The van der Waals surface area contributed by atoms with Gasteiger partial charge in [-0.3, -0.25) is 4.98 Å². The van der Waals surface area contributed by atoms with Gasteiger partial charge in [0.25, 0.3) is 0 Å². The van der Waals surface area contributed by atoms with Gasteiger partial charge in [-0.1, -0.05) is 55.5 Å². The normalized spacial score (nSPS) is 10.9. The Labute approximate surface area is 183 Å². The molecule has 4 aromatic rings. The highest BCUT2D eigenvalue weighted by Crippen LogP contribution is 2.24. The number of nitrogens with zero attached hydrogens (tertiary/aromatic N) is 2. The Balaban J connectivity index is 1.44. The van der Waals surface area contributed by atoms with Crippen molar-refractivity contribution in [1.82, 2.24) is 4.98 Å². The van der Waals surface area contributed by atoms with Crippen molar-refractivity contribution >= 4 is 10.8 Å². The molecule has 0 radical (unpaired) electrons. The van der Waals surface area contributed by atoms with Gasteiger partial charge in [0.05, 0.1) is 11.6 Å². The Hall–Kier alpha value is -3.51. The maximum Gasteiger partial charge on any atom is 0.134 e. The summed E-state index contributed by atoms with van der Waals surface area (Å²) in [7, 11) is 0. The van der Waals surface area contributed by atoms with E-state index in [1.165, 1.54) is 11.1 Å². The van der Waals surface area contributed by atoms with E-state index in [1.807, 2.05) is 42.6 Å². The Morgan fingerprint density at radius 1 is 0.806 bits per heavy atom. The summed E-state index contributed by atoms with van der Waals surface area (Å²) in [5.74, 6) is -0.130. The van der Waals surface area contributed by atoms with E-state index in [4.69, 9.17) is 5.26 Å². The molecule has 0 unspecified atom stereocenters. The number of fused-ring (bicyclic) bond motifs is 1. The van der Waals surface area contributed by atoms with Crippen molar-refractivity contribution in [2.45, 2.75) is 39.0 Å². The van der Waals surface area contributed by atoms with Crippen molar-refractivity contribution in [2.75, 3.05) is 0 Å². The number of hydrogen-bond donors (Lipinski definition) is 0. The second-order valence-corrected chi connectivity index (χ2v) is 7.91. The fourth-order valence-corrected chi connectivity index (χ4v) is 3.84. The third-order valence-corrected chi connectivity index (χ3v) is 5.83. The predicted octanol–water partition coefficient (Wildman–Crippen LogP) is 6.38. The Kier molecular flexibility index (Phi) is 6.38. The summed E-state index contributed by atoms with van der Waals surface area (Å²) in [5.41, 5.74) is 6.00. The van der Waals surface area contributed by atoms with Gasteiger partial charge in [-0.15, -0.1) is 0 Å². The standard InChI is InChI=1S/C28H25FN2/c1-2-20-8-14-26(31-19-20)15-9-22-10-16-27-25(17-22)13-12-24(28(27)29)11-7-21-3-5-23(18-30)6-4-21/h3-6,8,10,12-14,16-17,19H,2,7,9,11,15H2,1H3. The molecule has 0 saturated carbocycles. The molecule has 2 nitrogen and oxygen atoms in total. The second-order valence-electron chi connectivity index (χ2n) is 7.91. The maximum atomic E-state index is 15.1. The van der Waals surface area contributed by atoms with E-state index in [0.29, 0.717) is 17.4 Å². The topological polar surface area (TPSA) is 36.7 Å². The molecular formula is C28H25FN2. The zero-order valence-electron chi connectivity index (χ0n) is 17.7. The highest BCUT2D eigenvalue weighted by Gasteiger charge is 2.09. The zero-order chi connectivity index (χ0) is 21.6. The first-order valence-corrected chi connectivity index (χ1v) is 10.8. The van der Waals surface area contributed by atoms with Gasteiger partial charge in [0.1, 0.15) is 5.82 Å². The van der Waals surface area contributed by atoms with Crippen molar-refractivity contribution in [1.29, 1.82) is 5.26 Å². The quantitative estimate of drug-likeness (QED) is 0.356. The molecule has 0 saturated heterocycles. The van der Waals surface area contributed by atoms with Crippen LogP contribution in [0.1, 0.15) is 40.4 Å². The molecule has 3 aromatic carbocycles. The number of aromatic nitrogens is 1. The van der Waals surface area contributed by atoms with Gasteiger partial charge in [0, 0.05) is 17.3 Å². The number of pyridine rings is 1. The van der Waals surface area contributed by atoms with Crippen molar-refractivity contribution in [2.24, 2.45) is 0 Å². The van der Waals surface area contributed by atoms with Crippen LogP contribution in [0.4, 0.5) is 4.39 Å². The lowest BCUT2D eigenvalue weighted by atomic mass is 9.97. The molecule has 0 aliphatic heterocycles. The van der Waals surface area contributed by atoms with Crippen LogP contribution in [0.5, 0.6) is 0 Å². The summed E-state index contributed by atoms with van der Waals surface area (Å²) in [6.07, 6.45) is 6.09. The first-order chi connectivity index (χ1) is 15.2. The number of halogens is 1. The summed E-state index contributed by atoms with van der Waals surface area (Å²) in [5, 5.41) is 10.5. The molecule has 154 valence electrons. The second kappa shape index (κ2) is 9.53. The molecule has 0 aliphatic rings. The largest absolute Gasteiger partial charge is 0.261 e. The summed E-state index contributed by atoms with van der Waals surface area (Å²) in [4.78, 5) is 4.53. The monoisotopic (exact) mass is 408 g/mol. The van der Waals surface area contributed by atoms with Gasteiger partial charge in [-0.2, -0.15) is 5.26 Å². The number of hydrogen-bond acceptors (Lipinski definition) is 2. The van der Waals surface area contributed by atoms with E-state index in [1.54, 1.807) is 12.1 Å². The third-order valence-electron chi connectivity index (χ3n) is 5.83. The molecule has 0 N–H and O–H groups in total. The van der Waals surface area contributed by atoms with Crippen LogP contribution in [-0.4, -0.2) is 4.98 Å². The van der Waals surface area contributed by atoms with Crippen molar-refractivity contribution in [3.8, 4) is 6.07 Å². The SMILES string of the molecule is CCc1ccc(CCc2ccc3c(F)c(CCc4ccc(C#N)cc4)ccc3c2)nc1. The van der Waals surface area contributed by atoms with Crippen molar-refractivity contribution in [3.63, 3.8) is 0 Å². The number of nitriles is 1. The third kappa shape index (κ3) is 4.98. The van der Waals surface area contributed by atoms with E-state index in [2.05, 4.69) is 36.2 Å². The van der Waals surface area contributed by atoms with Gasteiger partial charge in [-0.05, 0) is 77.9 Å². The van der Waals surface area contributed by atoms with E-state index in [0.717, 1.165) is 47.9 Å². The fraction of sp³-hybridized carbons (Fsp3) is 0.214. The first-order valence-electron chi connectivity index (χ1n) is 10.8. The van der Waals surface area contributed by atoms with E-state index in [-0.39, 0.29) is 5.82 Å². The maximum absolute atomic E-state index is 15.1. The lowest BCUT2D eigenvalue weighted by Gasteiger charge is -2.09. The summed E-state index contributed by atoms with van der Waals surface area (Å²) in [6.45, 7) is 2.13. The molecule has 0 amide bonds. The summed E-state index contributed by atoms with van der Waals surface area (Å²) < 4.78 is 15.1. The number of aryl methyl sites for hydroxylation is 5. The highest BCUT2D eigenvalue weighted by molar-refractivity contribution is 5.84. The molecule has 0 spiro atoms. The van der Waals surface area contributed by atoms with Crippen molar-refractivity contribution in [3.05, 3.63) is 112 Å². The number of rotatable bonds is 7. The van der Waals surface area contributed by atoms with Gasteiger partial charge in [0.15, 0.2) is 0 Å². The van der Waals surface area contributed by atoms with E-state index in [9.17, 15) is 0 Å². The first kappa shape index (κ1) is 20.8. The van der Waals surface area contributed by atoms with E-state index >= 15 is 4.39 Å².